The number of aromatic nitrogens is 3. The molecule has 2 aromatic rings. The fourth-order valence-electron chi connectivity index (χ4n) is 1.66. The summed E-state index contributed by atoms with van der Waals surface area (Å²) in [7, 11) is 0. The molecule has 2 heterocycles. The van der Waals surface area contributed by atoms with Crippen molar-refractivity contribution in [2.24, 2.45) is 0 Å². The highest BCUT2D eigenvalue weighted by Gasteiger charge is 2.02. The van der Waals surface area contributed by atoms with E-state index >= 15 is 0 Å². The molecule has 0 saturated heterocycles. The molecule has 0 fully saturated rings. The fourth-order valence-corrected chi connectivity index (χ4v) is 1.83. The second-order valence-electron chi connectivity index (χ2n) is 4.16. The van der Waals surface area contributed by atoms with E-state index in [4.69, 9.17) is 11.6 Å². The van der Waals surface area contributed by atoms with Gasteiger partial charge in [-0.1, -0.05) is 18.5 Å². The Morgan fingerprint density at radius 2 is 2.26 bits per heavy atom. The van der Waals surface area contributed by atoms with E-state index in [1.165, 1.54) is 10.8 Å². The maximum Gasteiger partial charge on any atom is 0.347 e. The summed E-state index contributed by atoms with van der Waals surface area (Å²) in [4.78, 5) is 19.5. The van der Waals surface area contributed by atoms with Gasteiger partial charge in [0.25, 0.3) is 0 Å². The molecule has 0 aliphatic carbocycles. The smallest absolute Gasteiger partial charge is 0.347 e. The van der Waals surface area contributed by atoms with Gasteiger partial charge in [0.15, 0.2) is 0 Å². The third kappa shape index (κ3) is 3.79. The zero-order valence-corrected chi connectivity index (χ0v) is 11.4. The highest BCUT2D eigenvalue weighted by atomic mass is 35.5. The van der Waals surface area contributed by atoms with E-state index < -0.39 is 0 Å². The number of halogens is 1. The lowest BCUT2D eigenvalue weighted by Crippen LogP contribution is -2.22. The summed E-state index contributed by atoms with van der Waals surface area (Å²) in [6, 6.07) is 3.79. The first kappa shape index (κ1) is 13.5. The Morgan fingerprint density at radius 3 is 3.05 bits per heavy atom. The Hall–Kier alpha value is -1.88. The van der Waals surface area contributed by atoms with Crippen LogP contribution in [0, 0.1) is 0 Å². The monoisotopic (exact) mass is 278 g/mol. The van der Waals surface area contributed by atoms with Crippen molar-refractivity contribution >= 4 is 17.4 Å². The molecule has 0 aromatic carbocycles. The predicted molar refractivity (Wildman–Crippen MR) is 75.6 cm³/mol. The molecule has 1 N–H and O–H groups in total. The molecule has 0 aliphatic heterocycles. The summed E-state index contributed by atoms with van der Waals surface area (Å²) in [6.45, 7) is 3.39. The lowest BCUT2D eigenvalue weighted by Gasteiger charge is -2.08. The van der Waals surface area contributed by atoms with Gasteiger partial charge in [-0.3, -0.25) is 4.57 Å². The highest BCUT2D eigenvalue weighted by molar-refractivity contribution is 6.30. The Bertz CT molecular complexity index is 612. The number of nitrogens with one attached hydrogen (secondary N) is 1. The highest BCUT2D eigenvalue weighted by Crippen LogP contribution is 2.09. The summed E-state index contributed by atoms with van der Waals surface area (Å²) in [5.41, 5.74) is 0.657. The molecule has 0 radical (unpaired) electrons. The molecule has 6 heteroatoms. The van der Waals surface area contributed by atoms with Gasteiger partial charge in [-0.15, -0.1) is 0 Å². The second-order valence-corrected chi connectivity index (χ2v) is 4.60. The van der Waals surface area contributed by atoms with Crippen LogP contribution >= 0.6 is 11.6 Å². The minimum Gasteiger partial charge on any atom is -0.370 e. The maximum absolute atomic E-state index is 11.6. The van der Waals surface area contributed by atoms with Crippen molar-refractivity contribution in [3.8, 4) is 0 Å². The Balaban J connectivity index is 2.18. The zero-order valence-electron chi connectivity index (χ0n) is 10.6. The number of anilines is 1. The van der Waals surface area contributed by atoms with Crippen LogP contribution in [-0.4, -0.2) is 21.1 Å². The summed E-state index contributed by atoms with van der Waals surface area (Å²) in [5.74, 6) is 0.808. The third-order valence-electron chi connectivity index (χ3n) is 2.56. The molecule has 0 spiro atoms. The summed E-state index contributed by atoms with van der Waals surface area (Å²) < 4.78 is 1.47. The van der Waals surface area contributed by atoms with E-state index in [0.717, 1.165) is 24.3 Å². The van der Waals surface area contributed by atoms with Gasteiger partial charge in [0.05, 0.1) is 17.8 Å². The number of hydrogen-bond donors (Lipinski definition) is 1. The topological polar surface area (TPSA) is 59.8 Å². The van der Waals surface area contributed by atoms with Gasteiger partial charge in [0.2, 0.25) is 0 Å². The Morgan fingerprint density at radius 1 is 1.42 bits per heavy atom. The van der Waals surface area contributed by atoms with Crippen LogP contribution < -0.4 is 11.0 Å². The average Bonchev–Trinajstić information content (AvgIpc) is 2.41. The van der Waals surface area contributed by atoms with Crippen molar-refractivity contribution in [1.82, 2.24) is 14.5 Å². The molecule has 19 heavy (non-hydrogen) atoms. The molecule has 2 rings (SSSR count). The summed E-state index contributed by atoms with van der Waals surface area (Å²) >= 11 is 5.84. The van der Waals surface area contributed by atoms with Crippen molar-refractivity contribution in [1.29, 1.82) is 0 Å². The quantitative estimate of drug-likeness (QED) is 0.910. The van der Waals surface area contributed by atoms with E-state index in [2.05, 4.69) is 22.2 Å². The molecule has 0 bridgehead atoms. The number of hydrogen-bond acceptors (Lipinski definition) is 4. The first-order valence-corrected chi connectivity index (χ1v) is 6.47. The Labute approximate surface area is 116 Å². The summed E-state index contributed by atoms with van der Waals surface area (Å²) in [6.07, 6.45) is 5.68. The van der Waals surface area contributed by atoms with E-state index in [9.17, 15) is 4.79 Å². The standard InChI is InChI=1S/C13H15ClN4O/c1-2-4-15-12-6-10(3-5-16-12)8-18-9-11(14)7-17-13(18)19/h3,5-7,9H,2,4,8H2,1H3,(H,15,16). The zero-order chi connectivity index (χ0) is 13.7. The minimum absolute atomic E-state index is 0.315. The molecular weight excluding hydrogens is 264 g/mol. The van der Waals surface area contributed by atoms with Crippen LogP contribution in [0.5, 0.6) is 0 Å². The van der Waals surface area contributed by atoms with Gasteiger partial charge < -0.3 is 5.32 Å². The van der Waals surface area contributed by atoms with Crippen LogP contribution in [0.25, 0.3) is 0 Å². The van der Waals surface area contributed by atoms with E-state index in [0.29, 0.717) is 11.6 Å². The van der Waals surface area contributed by atoms with Crippen LogP contribution in [0.4, 0.5) is 5.82 Å². The van der Waals surface area contributed by atoms with Gasteiger partial charge in [-0.05, 0) is 24.1 Å². The molecule has 5 nitrogen and oxygen atoms in total. The number of rotatable bonds is 5. The molecule has 0 amide bonds. The number of nitrogens with zero attached hydrogens (tertiary/aromatic N) is 3. The lowest BCUT2D eigenvalue weighted by atomic mass is 10.2. The van der Waals surface area contributed by atoms with Gasteiger partial charge in [-0.25, -0.2) is 14.8 Å². The van der Waals surface area contributed by atoms with Crippen molar-refractivity contribution in [3.05, 3.63) is 51.8 Å². The van der Waals surface area contributed by atoms with Gasteiger partial charge in [0, 0.05) is 18.9 Å². The van der Waals surface area contributed by atoms with Crippen LogP contribution in [0.1, 0.15) is 18.9 Å². The first-order chi connectivity index (χ1) is 9.19. The SMILES string of the molecule is CCCNc1cc(Cn2cc(Cl)cnc2=O)ccn1. The van der Waals surface area contributed by atoms with E-state index in [1.807, 2.05) is 12.1 Å². The summed E-state index contributed by atoms with van der Waals surface area (Å²) in [5, 5.41) is 3.65. The van der Waals surface area contributed by atoms with Crippen molar-refractivity contribution in [2.75, 3.05) is 11.9 Å². The Kier molecular flexibility index (Phi) is 4.52. The maximum atomic E-state index is 11.6. The minimum atomic E-state index is -0.315. The van der Waals surface area contributed by atoms with Gasteiger partial charge >= 0.3 is 5.69 Å². The normalized spacial score (nSPS) is 10.4. The molecular formula is C13H15ClN4O. The van der Waals surface area contributed by atoms with Crippen molar-refractivity contribution < 1.29 is 0 Å². The van der Waals surface area contributed by atoms with E-state index in [-0.39, 0.29) is 5.69 Å². The largest absolute Gasteiger partial charge is 0.370 e. The fraction of sp³-hybridized carbons (Fsp3) is 0.308. The number of pyridine rings is 1. The van der Waals surface area contributed by atoms with Crippen molar-refractivity contribution in [2.45, 2.75) is 19.9 Å². The van der Waals surface area contributed by atoms with Gasteiger partial charge in [0.1, 0.15) is 5.82 Å². The third-order valence-corrected chi connectivity index (χ3v) is 2.75. The van der Waals surface area contributed by atoms with E-state index in [1.54, 1.807) is 12.4 Å². The van der Waals surface area contributed by atoms with Crippen LogP contribution in [-0.2, 0) is 6.54 Å². The van der Waals surface area contributed by atoms with Crippen molar-refractivity contribution in [3.63, 3.8) is 0 Å². The molecule has 0 unspecified atom stereocenters. The van der Waals surface area contributed by atoms with Crippen LogP contribution in [0.15, 0.2) is 35.5 Å². The van der Waals surface area contributed by atoms with Crippen LogP contribution in [0.2, 0.25) is 5.02 Å². The van der Waals surface area contributed by atoms with Crippen LogP contribution in [0.3, 0.4) is 0 Å². The first-order valence-electron chi connectivity index (χ1n) is 6.10. The lowest BCUT2D eigenvalue weighted by molar-refractivity contribution is 0.726. The molecule has 2 aromatic heterocycles. The van der Waals surface area contributed by atoms with Gasteiger partial charge in [-0.2, -0.15) is 0 Å². The second kappa shape index (κ2) is 6.33. The molecule has 0 atom stereocenters. The molecule has 100 valence electrons. The average molecular weight is 279 g/mol. The molecule has 0 saturated carbocycles. The predicted octanol–water partition coefficient (Wildman–Crippen LogP) is 2.16. The molecule has 0 aliphatic rings.